The van der Waals surface area contributed by atoms with Crippen LogP contribution in [0.2, 0.25) is 0 Å². The van der Waals surface area contributed by atoms with E-state index >= 15 is 0 Å². The van der Waals surface area contributed by atoms with Crippen molar-refractivity contribution in [2.45, 2.75) is 32.9 Å². The van der Waals surface area contributed by atoms with Gasteiger partial charge in [0.2, 0.25) is 0 Å². The summed E-state index contributed by atoms with van der Waals surface area (Å²) in [5.41, 5.74) is 0.267. The second kappa shape index (κ2) is 6.69. The van der Waals surface area contributed by atoms with Crippen LogP contribution in [0.15, 0.2) is 17.5 Å². The Labute approximate surface area is 129 Å². The van der Waals surface area contributed by atoms with Gasteiger partial charge in [0.15, 0.2) is 0 Å². The summed E-state index contributed by atoms with van der Waals surface area (Å²) in [6, 6.07) is 1.77. The molecular weight excluding hydrogens is 312 g/mol. The van der Waals surface area contributed by atoms with E-state index in [0.717, 1.165) is 16.5 Å². The van der Waals surface area contributed by atoms with Crippen LogP contribution in [0.1, 0.15) is 31.2 Å². The van der Waals surface area contributed by atoms with Gasteiger partial charge in [-0.25, -0.2) is 4.79 Å². The summed E-state index contributed by atoms with van der Waals surface area (Å²) < 4.78 is 28.0. The molecule has 1 heterocycles. The number of carbonyl (C=O) groups is 1. The Morgan fingerprint density at radius 3 is 2.62 bits per heavy atom. The minimum Gasteiger partial charge on any atom is -0.478 e. The third kappa shape index (κ3) is 6.38. The summed E-state index contributed by atoms with van der Waals surface area (Å²) in [6.45, 7) is 5.55. The van der Waals surface area contributed by atoms with E-state index in [0.29, 0.717) is 0 Å². The molecule has 0 atom stereocenters. The fraction of sp³-hybridized carbons (Fsp3) is 0.462. The van der Waals surface area contributed by atoms with Gasteiger partial charge in [0.25, 0.3) is 10.2 Å². The number of nitrogens with zero attached hydrogens (tertiary/aromatic N) is 1. The van der Waals surface area contributed by atoms with Gasteiger partial charge in [0, 0.05) is 30.1 Å². The van der Waals surface area contributed by atoms with E-state index in [1.807, 2.05) is 5.38 Å². The van der Waals surface area contributed by atoms with Gasteiger partial charge in [-0.3, -0.25) is 0 Å². The van der Waals surface area contributed by atoms with Crippen LogP contribution in [0, 0.1) is 0 Å². The topological polar surface area (TPSA) is 86.7 Å². The molecule has 0 aliphatic heterocycles. The molecule has 0 saturated heterocycles. The number of nitrogens with one attached hydrogen (secondary N) is 1. The zero-order valence-corrected chi connectivity index (χ0v) is 14.1. The van der Waals surface area contributed by atoms with Crippen molar-refractivity contribution in [3.8, 4) is 0 Å². The van der Waals surface area contributed by atoms with Gasteiger partial charge >= 0.3 is 5.97 Å². The van der Waals surface area contributed by atoms with Crippen molar-refractivity contribution < 1.29 is 18.3 Å². The third-order valence-corrected chi connectivity index (χ3v) is 5.08. The lowest BCUT2D eigenvalue weighted by molar-refractivity contribution is -0.131. The average molecular weight is 332 g/mol. The SMILES string of the molecule is CN(Cc1csc(/C=C/C(=O)O)c1)S(=O)(=O)NC(C)(C)C. The number of hydrogen-bond acceptors (Lipinski definition) is 4. The van der Waals surface area contributed by atoms with Gasteiger partial charge in [0.05, 0.1) is 0 Å². The fourth-order valence-corrected chi connectivity index (χ4v) is 3.57. The van der Waals surface area contributed by atoms with E-state index < -0.39 is 21.7 Å². The minimum absolute atomic E-state index is 0.225. The Bertz CT molecular complexity index is 627. The van der Waals surface area contributed by atoms with Crippen molar-refractivity contribution in [2.75, 3.05) is 7.05 Å². The Morgan fingerprint density at radius 2 is 2.10 bits per heavy atom. The zero-order chi connectivity index (χ0) is 16.3. The van der Waals surface area contributed by atoms with E-state index in [4.69, 9.17) is 5.11 Å². The van der Waals surface area contributed by atoms with Crippen LogP contribution in [0.3, 0.4) is 0 Å². The van der Waals surface area contributed by atoms with Crippen LogP contribution < -0.4 is 4.72 Å². The number of rotatable bonds is 6. The van der Waals surface area contributed by atoms with Gasteiger partial charge < -0.3 is 5.11 Å². The van der Waals surface area contributed by atoms with Crippen molar-refractivity contribution in [1.29, 1.82) is 0 Å². The predicted octanol–water partition coefficient (Wildman–Crippen LogP) is 1.91. The number of aliphatic carboxylic acids is 1. The summed E-state index contributed by atoms with van der Waals surface area (Å²) in [5.74, 6) is -1.01. The van der Waals surface area contributed by atoms with Gasteiger partial charge in [-0.2, -0.15) is 17.4 Å². The monoisotopic (exact) mass is 332 g/mol. The Morgan fingerprint density at radius 1 is 1.48 bits per heavy atom. The van der Waals surface area contributed by atoms with Crippen molar-refractivity contribution in [1.82, 2.24) is 9.03 Å². The first-order chi connectivity index (χ1) is 9.49. The third-order valence-electron chi connectivity index (χ3n) is 2.31. The number of carboxylic acid groups (broad SMARTS) is 1. The lowest BCUT2D eigenvalue weighted by Gasteiger charge is -2.25. The van der Waals surface area contributed by atoms with E-state index in [1.54, 1.807) is 26.8 Å². The van der Waals surface area contributed by atoms with Gasteiger partial charge in [-0.1, -0.05) is 0 Å². The predicted molar refractivity (Wildman–Crippen MR) is 84.3 cm³/mol. The molecule has 1 rings (SSSR count). The van der Waals surface area contributed by atoms with Crippen LogP contribution in [0.25, 0.3) is 6.08 Å². The Hall–Kier alpha value is -1.22. The highest BCUT2D eigenvalue weighted by Crippen LogP contribution is 2.18. The van der Waals surface area contributed by atoms with E-state index in [2.05, 4.69) is 4.72 Å². The van der Waals surface area contributed by atoms with Crippen molar-refractivity contribution in [3.05, 3.63) is 28.0 Å². The largest absolute Gasteiger partial charge is 0.478 e. The summed E-state index contributed by atoms with van der Waals surface area (Å²) >= 11 is 1.37. The van der Waals surface area contributed by atoms with Crippen LogP contribution in [-0.2, 0) is 21.5 Å². The van der Waals surface area contributed by atoms with Crippen molar-refractivity contribution in [3.63, 3.8) is 0 Å². The molecule has 118 valence electrons. The second-order valence-corrected chi connectivity index (χ2v) is 8.36. The maximum Gasteiger partial charge on any atom is 0.328 e. The fourth-order valence-electron chi connectivity index (χ4n) is 1.53. The van der Waals surface area contributed by atoms with Crippen LogP contribution in [0.4, 0.5) is 0 Å². The summed E-state index contributed by atoms with van der Waals surface area (Å²) in [7, 11) is -2.06. The van der Waals surface area contributed by atoms with Crippen LogP contribution >= 0.6 is 11.3 Å². The summed E-state index contributed by atoms with van der Waals surface area (Å²) in [5, 5.41) is 10.4. The van der Waals surface area contributed by atoms with Gasteiger partial charge in [-0.05, 0) is 43.9 Å². The molecule has 1 aromatic heterocycles. The smallest absolute Gasteiger partial charge is 0.328 e. The molecule has 0 spiro atoms. The zero-order valence-electron chi connectivity index (χ0n) is 12.5. The van der Waals surface area contributed by atoms with E-state index in [9.17, 15) is 13.2 Å². The molecule has 6 nitrogen and oxygen atoms in total. The second-order valence-electron chi connectivity index (χ2n) is 5.64. The average Bonchev–Trinajstić information content (AvgIpc) is 2.70. The summed E-state index contributed by atoms with van der Waals surface area (Å²) in [6.07, 6.45) is 2.54. The first-order valence-electron chi connectivity index (χ1n) is 6.23. The molecule has 0 radical (unpaired) electrons. The maximum absolute atomic E-state index is 12.1. The van der Waals surface area contributed by atoms with Gasteiger partial charge in [0.1, 0.15) is 0 Å². The Kier molecular flexibility index (Phi) is 5.68. The van der Waals surface area contributed by atoms with E-state index in [-0.39, 0.29) is 6.54 Å². The molecule has 2 N–H and O–H groups in total. The molecule has 1 aromatic rings. The molecular formula is C13H20N2O4S2. The first kappa shape index (κ1) is 17.8. The van der Waals surface area contributed by atoms with Crippen LogP contribution in [-0.4, -0.2) is 36.4 Å². The first-order valence-corrected chi connectivity index (χ1v) is 8.55. The molecule has 0 saturated carbocycles. The highest BCUT2D eigenvalue weighted by Gasteiger charge is 2.24. The van der Waals surface area contributed by atoms with Gasteiger partial charge in [-0.15, -0.1) is 11.3 Å². The quantitative estimate of drug-likeness (QED) is 0.779. The summed E-state index contributed by atoms with van der Waals surface area (Å²) in [4.78, 5) is 11.2. The molecule has 0 amide bonds. The highest BCUT2D eigenvalue weighted by molar-refractivity contribution is 7.87. The molecule has 0 unspecified atom stereocenters. The molecule has 0 fully saturated rings. The Balaban J connectivity index is 2.75. The highest BCUT2D eigenvalue weighted by atomic mass is 32.2. The van der Waals surface area contributed by atoms with E-state index in [1.165, 1.54) is 28.8 Å². The normalized spacial score (nSPS) is 13.2. The number of carboxylic acids is 1. The lowest BCUT2D eigenvalue weighted by atomic mass is 10.1. The van der Waals surface area contributed by atoms with Crippen molar-refractivity contribution in [2.24, 2.45) is 0 Å². The lowest BCUT2D eigenvalue weighted by Crippen LogP contribution is -2.47. The molecule has 0 aliphatic rings. The number of thiophene rings is 1. The molecule has 0 aromatic carbocycles. The van der Waals surface area contributed by atoms with Crippen LogP contribution in [0.5, 0.6) is 0 Å². The minimum atomic E-state index is -3.56. The number of hydrogen-bond donors (Lipinski definition) is 2. The molecule has 0 aliphatic carbocycles. The molecule has 21 heavy (non-hydrogen) atoms. The maximum atomic E-state index is 12.1. The molecule has 0 bridgehead atoms. The standard InChI is InChI=1S/C13H20N2O4S2/c1-13(2,3)14-21(18,19)15(4)8-10-7-11(20-9-10)5-6-12(16)17/h5-7,9,14H,8H2,1-4H3,(H,16,17)/b6-5+. The van der Waals surface area contributed by atoms with Crippen molar-refractivity contribution >= 4 is 33.6 Å². The molecule has 8 heteroatoms.